The Balaban J connectivity index is 0.000000280. The Morgan fingerprint density at radius 1 is 1.44 bits per heavy atom. The summed E-state index contributed by atoms with van der Waals surface area (Å²) in [5.41, 5.74) is 4.31. The van der Waals surface area contributed by atoms with Gasteiger partial charge in [-0.15, -0.1) is 0 Å². The van der Waals surface area contributed by atoms with E-state index in [-0.39, 0.29) is 0 Å². The second-order valence-electron chi connectivity index (χ2n) is 3.75. The monoisotopic (exact) mass is 282 g/mol. The SMILES string of the molecule is CC(=O)O.CC1=CCCc2ccc(Br)cc21. The molecule has 0 atom stereocenters. The summed E-state index contributed by atoms with van der Waals surface area (Å²) in [4.78, 5) is 9.00. The Bertz CT molecular complexity index is 418. The van der Waals surface area contributed by atoms with Gasteiger partial charge >= 0.3 is 0 Å². The van der Waals surface area contributed by atoms with Crippen LogP contribution in [0.5, 0.6) is 0 Å². The molecule has 0 aliphatic heterocycles. The molecule has 1 aromatic carbocycles. The smallest absolute Gasteiger partial charge is 0.300 e. The lowest BCUT2D eigenvalue weighted by Gasteiger charge is -2.14. The average Bonchev–Trinajstić information content (AvgIpc) is 2.18. The molecule has 0 fully saturated rings. The lowest BCUT2D eigenvalue weighted by atomic mass is 9.92. The molecule has 1 N–H and O–H groups in total. The zero-order chi connectivity index (χ0) is 12.1. The quantitative estimate of drug-likeness (QED) is 0.784. The molecule has 0 unspecified atom stereocenters. The lowest BCUT2D eigenvalue weighted by molar-refractivity contribution is -0.134. The zero-order valence-electron chi connectivity index (χ0n) is 9.46. The van der Waals surface area contributed by atoms with Crippen molar-refractivity contribution < 1.29 is 9.90 Å². The number of carboxylic acids is 1. The highest BCUT2D eigenvalue weighted by molar-refractivity contribution is 9.10. The van der Waals surface area contributed by atoms with Gasteiger partial charge in [-0.2, -0.15) is 0 Å². The number of hydrogen-bond donors (Lipinski definition) is 1. The highest BCUT2D eigenvalue weighted by Gasteiger charge is 2.08. The van der Waals surface area contributed by atoms with Crippen LogP contribution in [0.4, 0.5) is 0 Å². The van der Waals surface area contributed by atoms with Crippen LogP contribution in [0.1, 0.15) is 31.4 Å². The molecule has 0 amide bonds. The number of rotatable bonds is 0. The second kappa shape index (κ2) is 5.85. The molecule has 0 radical (unpaired) electrons. The Labute approximate surface area is 104 Å². The second-order valence-corrected chi connectivity index (χ2v) is 4.66. The van der Waals surface area contributed by atoms with Crippen LogP contribution in [0.25, 0.3) is 5.57 Å². The highest BCUT2D eigenvalue weighted by atomic mass is 79.9. The number of aliphatic carboxylic acids is 1. The molecule has 0 aromatic heterocycles. The van der Waals surface area contributed by atoms with Crippen molar-refractivity contribution in [1.82, 2.24) is 0 Å². The molecule has 0 bridgehead atoms. The average molecular weight is 283 g/mol. The van der Waals surface area contributed by atoms with Crippen molar-refractivity contribution in [2.75, 3.05) is 0 Å². The van der Waals surface area contributed by atoms with Crippen molar-refractivity contribution in [1.29, 1.82) is 0 Å². The molecule has 2 nitrogen and oxygen atoms in total. The molecule has 0 saturated heterocycles. The molecular formula is C13H15BrO2. The van der Waals surface area contributed by atoms with E-state index in [1.807, 2.05) is 0 Å². The summed E-state index contributed by atoms with van der Waals surface area (Å²) in [6.07, 6.45) is 4.70. The first-order valence-corrected chi connectivity index (χ1v) is 5.95. The minimum absolute atomic E-state index is 0.833. The molecule has 16 heavy (non-hydrogen) atoms. The minimum atomic E-state index is -0.833. The molecule has 2 rings (SSSR count). The van der Waals surface area contributed by atoms with E-state index in [9.17, 15) is 0 Å². The van der Waals surface area contributed by atoms with E-state index in [0.717, 1.165) is 6.92 Å². The van der Waals surface area contributed by atoms with E-state index in [2.05, 4.69) is 47.1 Å². The predicted molar refractivity (Wildman–Crippen MR) is 69.4 cm³/mol. The summed E-state index contributed by atoms with van der Waals surface area (Å²) < 4.78 is 1.18. The van der Waals surface area contributed by atoms with E-state index in [1.165, 1.54) is 34.0 Å². The van der Waals surface area contributed by atoms with Gasteiger partial charge in [-0.05, 0) is 48.6 Å². The van der Waals surface area contributed by atoms with Crippen LogP contribution in [-0.2, 0) is 11.2 Å². The molecule has 1 aliphatic carbocycles. The molecular weight excluding hydrogens is 268 g/mol. The summed E-state index contributed by atoms with van der Waals surface area (Å²) in [5, 5.41) is 7.42. The third-order valence-corrected chi connectivity index (χ3v) is 2.85. The molecule has 86 valence electrons. The van der Waals surface area contributed by atoms with E-state index in [1.54, 1.807) is 0 Å². The Morgan fingerprint density at radius 3 is 2.69 bits per heavy atom. The maximum atomic E-state index is 9.00. The Kier molecular flexibility index (Phi) is 4.74. The van der Waals surface area contributed by atoms with Crippen molar-refractivity contribution in [3.63, 3.8) is 0 Å². The predicted octanol–water partition coefficient (Wildman–Crippen LogP) is 3.89. The fraction of sp³-hybridized carbons (Fsp3) is 0.308. The van der Waals surface area contributed by atoms with Crippen LogP contribution in [0.3, 0.4) is 0 Å². The normalized spacial score (nSPS) is 13.1. The van der Waals surface area contributed by atoms with Gasteiger partial charge in [-0.1, -0.05) is 28.1 Å². The summed E-state index contributed by atoms with van der Waals surface area (Å²) >= 11 is 3.49. The van der Waals surface area contributed by atoms with Crippen molar-refractivity contribution in [2.45, 2.75) is 26.7 Å². The third-order valence-electron chi connectivity index (χ3n) is 2.36. The van der Waals surface area contributed by atoms with Gasteiger partial charge < -0.3 is 5.11 Å². The number of hydrogen-bond acceptors (Lipinski definition) is 1. The van der Waals surface area contributed by atoms with Gasteiger partial charge in [0, 0.05) is 11.4 Å². The van der Waals surface area contributed by atoms with Gasteiger partial charge in [-0.25, -0.2) is 0 Å². The van der Waals surface area contributed by atoms with Crippen LogP contribution < -0.4 is 0 Å². The highest BCUT2D eigenvalue weighted by Crippen LogP contribution is 2.28. The van der Waals surface area contributed by atoms with E-state index in [0.29, 0.717) is 0 Å². The number of carboxylic acid groups (broad SMARTS) is 1. The third kappa shape index (κ3) is 3.81. The molecule has 0 heterocycles. The number of allylic oxidation sites excluding steroid dienone is 2. The molecule has 0 saturated carbocycles. The minimum Gasteiger partial charge on any atom is -0.481 e. The summed E-state index contributed by atoms with van der Waals surface area (Å²) in [6, 6.07) is 6.55. The first kappa shape index (κ1) is 13.0. The first-order valence-electron chi connectivity index (χ1n) is 5.16. The summed E-state index contributed by atoms with van der Waals surface area (Å²) in [5.74, 6) is -0.833. The van der Waals surface area contributed by atoms with Gasteiger partial charge in [0.15, 0.2) is 0 Å². The zero-order valence-corrected chi connectivity index (χ0v) is 11.0. The van der Waals surface area contributed by atoms with E-state index in [4.69, 9.17) is 9.90 Å². The maximum absolute atomic E-state index is 9.00. The number of benzene rings is 1. The molecule has 1 aliphatic rings. The number of carbonyl (C=O) groups is 1. The fourth-order valence-electron chi connectivity index (χ4n) is 1.69. The van der Waals surface area contributed by atoms with Gasteiger partial charge in [0.25, 0.3) is 5.97 Å². The molecule has 0 spiro atoms. The number of halogens is 1. The first-order chi connectivity index (χ1) is 7.50. The van der Waals surface area contributed by atoms with Gasteiger partial charge in [0.05, 0.1) is 0 Å². The standard InChI is InChI=1S/C11H11Br.C2H4O2/c1-8-3-2-4-9-5-6-10(12)7-11(8)9;1-2(3)4/h3,5-7H,2,4H2,1H3;1H3,(H,3,4). The van der Waals surface area contributed by atoms with Crippen LogP contribution >= 0.6 is 15.9 Å². The molecule has 3 heteroatoms. The topological polar surface area (TPSA) is 37.3 Å². The number of fused-ring (bicyclic) bond motifs is 1. The number of aryl methyl sites for hydroxylation is 1. The van der Waals surface area contributed by atoms with Crippen LogP contribution in [0.2, 0.25) is 0 Å². The Morgan fingerprint density at radius 2 is 2.06 bits per heavy atom. The molecule has 1 aromatic rings. The van der Waals surface area contributed by atoms with Crippen LogP contribution in [0.15, 0.2) is 28.7 Å². The van der Waals surface area contributed by atoms with Crippen LogP contribution in [0, 0.1) is 0 Å². The summed E-state index contributed by atoms with van der Waals surface area (Å²) in [7, 11) is 0. The van der Waals surface area contributed by atoms with E-state index < -0.39 is 5.97 Å². The fourth-order valence-corrected chi connectivity index (χ4v) is 2.05. The van der Waals surface area contributed by atoms with Gasteiger partial charge in [-0.3, -0.25) is 4.79 Å². The lowest BCUT2D eigenvalue weighted by Crippen LogP contribution is -1.97. The van der Waals surface area contributed by atoms with E-state index >= 15 is 0 Å². The largest absolute Gasteiger partial charge is 0.481 e. The van der Waals surface area contributed by atoms with Crippen molar-refractivity contribution in [3.05, 3.63) is 39.9 Å². The van der Waals surface area contributed by atoms with Crippen molar-refractivity contribution >= 4 is 27.5 Å². The maximum Gasteiger partial charge on any atom is 0.300 e. The van der Waals surface area contributed by atoms with Gasteiger partial charge in [0.2, 0.25) is 0 Å². The summed E-state index contributed by atoms with van der Waals surface area (Å²) in [6.45, 7) is 3.27. The Hall–Kier alpha value is -1.09. The van der Waals surface area contributed by atoms with Crippen molar-refractivity contribution in [2.24, 2.45) is 0 Å². The van der Waals surface area contributed by atoms with Gasteiger partial charge in [0.1, 0.15) is 0 Å². The van der Waals surface area contributed by atoms with Crippen molar-refractivity contribution in [3.8, 4) is 0 Å². The van der Waals surface area contributed by atoms with Crippen LogP contribution in [-0.4, -0.2) is 11.1 Å².